The van der Waals surface area contributed by atoms with Crippen LogP contribution in [0.3, 0.4) is 0 Å². The molecular formula is C22H22N4O2. The molecule has 0 aliphatic rings. The molecule has 3 aromatic carbocycles. The van der Waals surface area contributed by atoms with E-state index in [4.69, 9.17) is 15.9 Å². The second-order valence-electron chi connectivity index (χ2n) is 6.86. The van der Waals surface area contributed by atoms with Gasteiger partial charge in [-0.2, -0.15) is 0 Å². The number of para-hydroxylation sites is 2. The molecule has 4 N–H and O–H groups in total. The number of imidazole rings is 1. The Bertz CT molecular complexity index is 1130. The van der Waals surface area contributed by atoms with Crippen molar-refractivity contribution in [2.75, 3.05) is 0 Å². The number of nitrogens with two attached hydrogens (primary N) is 1. The maximum atomic E-state index is 11.5. The summed E-state index contributed by atoms with van der Waals surface area (Å²) in [5.41, 5.74) is 10.6. The molecule has 1 atom stereocenters. The van der Waals surface area contributed by atoms with Crippen LogP contribution in [0, 0.1) is 0 Å². The lowest BCUT2D eigenvalue weighted by molar-refractivity contribution is -0.130. The van der Waals surface area contributed by atoms with Crippen LogP contribution in [0.5, 0.6) is 0 Å². The number of hydrogen-bond acceptors (Lipinski definition) is 4. The van der Waals surface area contributed by atoms with Crippen molar-refractivity contribution in [2.24, 2.45) is 5.73 Å². The van der Waals surface area contributed by atoms with Gasteiger partial charge in [-0.1, -0.05) is 54.6 Å². The average molecular weight is 374 g/mol. The van der Waals surface area contributed by atoms with Crippen LogP contribution in [0.15, 0.2) is 66.7 Å². The first kappa shape index (κ1) is 18.2. The Kier molecular flexibility index (Phi) is 5.06. The quantitative estimate of drug-likeness (QED) is 0.357. The van der Waals surface area contributed by atoms with Crippen molar-refractivity contribution in [3.8, 4) is 0 Å². The van der Waals surface area contributed by atoms with E-state index < -0.39 is 11.9 Å². The van der Waals surface area contributed by atoms with Crippen LogP contribution in [0.1, 0.15) is 17.8 Å². The number of hydroxylamine groups is 1. The van der Waals surface area contributed by atoms with Gasteiger partial charge in [-0.15, -0.1) is 0 Å². The SMILES string of the molecule is N[C@@H](CCc1nc2ccccc2n1Cc1cccc2ccccc12)C(=O)NO. The van der Waals surface area contributed by atoms with E-state index in [0.29, 0.717) is 19.4 Å². The fourth-order valence-corrected chi connectivity index (χ4v) is 3.59. The summed E-state index contributed by atoms with van der Waals surface area (Å²) in [4.78, 5) is 16.3. The van der Waals surface area contributed by atoms with Gasteiger partial charge in [0.25, 0.3) is 5.91 Å². The van der Waals surface area contributed by atoms with E-state index in [2.05, 4.69) is 41.0 Å². The van der Waals surface area contributed by atoms with Gasteiger partial charge in [-0.25, -0.2) is 10.5 Å². The van der Waals surface area contributed by atoms with E-state index in [-0.39, 0.29) is 0 Å². The molecule has 28 heavy (non-hydrogen) atoms. The summed E-state index contributed by atoms with van der Waals surface area (Å²) in [5.74, 6) is 0.284. The Labute approximate surface area is 162 Å². The van der Waals surface area contributed by atoms with Crippen molar-refractivity contribution in [3.05, 3.63) is 78.1 Å². The summed E-state index contributed by atoms with van der Waals surface area (Å²) in [5, 5.41) is 11.2. The molecule has 0 spiro atoms. The molecule has 1 amide bonds. The maximum absolute atomic E-state index is 11.5. The highest BCUT2D eigenvalue weighted by Gasteiger charge is 2.16. The number of carbonyl (C=O) groups is 1. The summed E-state index contributed by atoms with van der Waals surface area (Å²) < 4.78 is 2.18. The molecule has 4 rings (SSSR count). The van der Waals surface area contributed by atoms with Crippen molar-refractivity contribution in [1.82, 2.24) is 15.0 Å². The third kappa shape index (κ3) is 3.47. The van der Waals surface area contributed by atoms with Crippen LogP contribution in [0.25, 0.3) is 21.8 Å². The standard InChI is InChI=1S/C22H22N4O2/c23-18(22(27)25-28)12-13-21-24-19-10-3-4-11-20(19)26(21)14-16-8-5-7-15-6-1-2-9-17(15)16/h1-11,18,28H,12-14,23H2,(H,25,27)/t18-/m0/s1. The predicted molar refractivity (Wildman–Crippen MR) is 109 cm³/mol. The summed E-state index contributed by atoms with van der Waals surface area (Å²) in [6.07, 6.45) is 0.930. The third-order valence-corrected chi connectivity index (χ3v) is 5.07. The highest BCUT2D eigenvalue weighted by molar-refractivity contribution is 5.86. The van der Waals surface area contributed by atoms with Crippen LogP contribution >= 0.6 is 0 Å². The number of hydrogen-bond donors (Lipinski definition) is 3. The Morgan fingerprint density at radius 1 is 1.07 bits per heavy atom. The van der Waals surface area contributed by atoms with Crippen molar-refractivity contribution < 1.29 is 10.0 Å². The number of fused-ring (bicyclic) bond motifs is 2. The number of benzene rings is 3. The van der Waals surface area contributed by atoms with Crippen LogP contribution in [-0.4, -0.2) is 26.7 Å². The Balaban J connectivity index is 1.72. The zero-order valence-corrected chi connectivity index (χ0v) is 15.4. The lowest BCUT2D eigenvalue weighted by Gasteiger charge is -2.13. The molecule has 0 radical (unpaired) electrons. The van der Waals surface area contributed by atoms with Crippen LogP contribution in [-0.2, 0) is 17.8 Å². The van der Waals surface area contributed by atoms with Crippen LogP contribution in [0.4, 0.5) is 0 Å². The molecule has 0 fully saturated rings. The minimum Gasteiger partial charge on any atom is -0.323 e. The largest absolute Gasteiger partial charge is 0.323 e. The monoisotopic (exact) mass is 374 g/mol. The molecule has 6 nitrogen and oxygen atoms in total. The molecule has 4 aromatic rings. The van der Waals surface area contributed by atoms with E-state index in [1.807, 2.05) is 30.3 Å². The Morgan fingerprint density at radius 2 is 1.82 bits per heavy atom. The number of aryl methyl sites for hydroxylation is 1. The van der Waals surface area contributed by atoms with Crippen LogP contribution < -0.4 is 11.2 Å². The maximum Gasteiger partial charge on any atom is 0.260 e. The molecule has 142 valence electrons. The van der Waals surface area contributed by atoms with Gasteiger partial charge in [-0.05, 0) is 34.9 Å². The van der Waals surface area contributed by atoms with E-state index in [0.717, 1.165) is 16.9 Å². The molecule has 0 aliphatic carbocycles. The van der Waals surface area contributed by atoms with Crippen molar-refractivity contribution in [2.45, 2.75) is 25.4 Å². The minimum atomic E-state index is -0.782. The van der Waals surface area contributed by atoms with Crippen molar-refractivity contribution in [3.63, 3.8) is 0 Å². The number of rotatable bonds is 6. The normalized spacial score (nSPS) is 12.4. The highest BCUT2D eigenvalue weighted by atomic mass is 16.5. The van der Waals surface area contributed by atoms with Gasteiger partial charge in [0.1, 0.15) is 5.82 Å². The first-order valence-electron chi connectivity index (χ1n) is 9.27. The van der Waals surface area contributed by atoms with E-state index in [1.54, 1.807) is 5.48 Å². The Hall–Kier alpha value is -3.22. The second kappa shape index (κ2) is 7.80. The minimum absolute atomic E-state index is 0.394. The number of nitrogens with one attached hydrogen (secondary N) is 1. The van der Waals surface area contributed by atoms with Gasteiger partial charge in [0.15, 0.2) is 0 Å². The average Bonchev–Trinajstić information content (AvgIpc) is 3.09. The summed E-state index contributed by atoms with van der Waals surface area (Å²) >= 11 is 0. The van der Waals surface area contributed by atoms with E-state index in [1.165, 1.54) is 16.3 Å². The molecule has 0 unspecified atom stereocenters. The van der Waals surface area contributed by atoms with Crippen molar-refractivity contribution >= 4 is 27.7 Å². The molecule has 1 aromatic heterocycles. The van der Waals surface area contributed by atoms with Gasteiger partial charge in [0.05, 0.1) is 17.1 Å². The first-order valence-corrected chi connectivity index (χ1v) is 9.27. The molecular weight excluding hydrogens is 352 g/mol. The summed E-state index contributed by atoms with van der Waals surface area (Å²) in [7, 11) is 0. The van der Waals surface area contributed by atoms with Gasteiger partial charge < -0.3 is 10.3 Å². The summed E-state index contributed by atoms with van der Waals surface area (Å²) in [6, 6.07) is 21.9. The zero-order chi connectivity index (χ0) is 19.5. The second-order valence-corrected chi connectivity index (χ2v) is 6.86. The van der Waals surface area contributed by atoms with Gasteiger partial charge in [0, 0.05) is 13.0 Å². The molecule has 0 aliphatic heterocycles. The number of nitrogens with zero attached hydrogens (tertiary/aromatic N) is 2. The number of carbonyl (C=O) groups excluding carboxylic acids is 1. The van der Waals surface area contributed by atoms with E-state index >= 15 is 0 Å². The molecule has 0 saturated heterocycles. The third-order valence-electron chi connectivity index (χ3n) is 5.07. The number of aromatic nitrogens is 2. The predicted octanol–water partition coefficient (Wildman–Crippen LogP) is 3.00. The molecule has 0 bridgehead atoms. The molecule has 6 heteroatoms. The highest BCUT2D eigenvalue weighted by Crippen LogP contribution is 2.23. The molecule has 0 saturated carbocycles. The zero-order valence-electron chi connectivity index (χ0n) is 15.4. The van der Waals surface area contributed by atoms with Gasteiger partial charge in [-0.3, -0.25) is 10.0 Å². The lowest BCUT2D eigenvalue weighted by atomic mass is 10.0. The summed E-state index contributed by atoms with van der Waals surface area (Å²) in [6.45, 7) is 0.679. The first-order chi connectivity index (χ1) is 13.7. The van der Waals surface area contributed by atoms with Gasteiger partial charge >= 0.3 is 0 Å². The Morgan fingerprint density at radius 3 is 2.68 bits per heavy atom. The smallest absolute Gasteiger partial charge is 0.260 e. The lowest BCUT2D eigenvalue weighted by Crippen LogP contribution is -2.39. The molecule has 1 heterocycles. The van der Waals surface area contributed by atoms with Gasteiger partial charge in [0.2, 0.25) is 0 Å². The fourth-order valence-electron chi connectivity index (χ4n) is 3.59. The van der Waals surface area contributed by atoms with Crippen LogP contribution in [0.2, 0.25) is 0 Å². The fraction of sp³-hybridized carbons (Fsp3) is 0.182. The number of amides is 1. The van der Waals surface area contributed by atoms with E-state index in [9.17, 15) is 4.79 Å². The van der Waals surface area contributed by atoms with Crippen molar-refractivity contribution in [1.29, 1.82) is 0 Å². The topological polar surface area (TPSA) is 93.2 Å².